The molecule has 7 nitrogen and oxygen atoms in total. The Kier molecular flexibility index (Phi) is 4.46. The Morgan fingerprint density at radius 2 is 1.93 bits per heavy atom. The van der Waals surface area contributed by atoms with Gasteiger partial charge in [0, 0.05) is 24.9 Å². The van der Waals surface area contributed by atoms with Crippen molar-refractivity contribution < 1.29 is 9.47 Å². The van der Waals surface area contributed by atoms with Crippen LogP contribution in [0.4, 0.5) is 5.82 Å². The SMILES string of the molecule is COCc1ccc(-n2c(-c3cccnc3N)nc3ccc(C4COC4)nc32)cc1. The molecule has 2 N–H and O–H groups in total. The van der Waals surface area contributed by atoms with Crippen LogP contribution in [0.5, 0.6) is 0 Å². The van der Waals surface area contributed by atoms with Crippen LogP contribution < -0.4 is 5.73 Å². The molecule has 1 aromatic carbocycles. The summed E-state index contributed by atoms with van der Waals surface area (Å²) in [6.45, 7) is 1.99. The zero-order chi connectivity index (χ0) is 19.8. The summed E-state index contributed by atoms with van der Waals surface area (Å²) in [5, 5.41) is 0. The molecule has 0 saturated carbocycles. The normalized spacial score (nSPS) is 14.2. The fraction of sp³-hybridized carbons (Fsp3) is 0.227. The summed E-state index contributed by atoms with van der Waals surface area (Å²) in [6, 6.07) is 16.0. The maximum atomic E-state index is 6.18. The summed E-state index contributed by atoms with van der Waals surface area (Å²) in [7, 11) is 1.69. The van der Waals surface area contributed by atoms with E-state index in [1.807, 2.05) is 53.1 Å². The van der Waals surface area contributed by atoms with Gasteiger partial charge in [0.2, 0.25) is 0 Å². The molecule has 5 rings (SSSR count). The molecule has 7 heteroatoms. The molecule has 1 aliphatic rings. The Labute approximate surface area is 168 Å². The monoisotopic (exact) mass is 387 g/mol. The molecular formula is C22H21N5O2. The Hall–Kier alpha value is -3.29. The summed E-state index contributed by atoms with van der Waals surface area (Å²) < 4.78 is 12.6. The molecule has 1 saturated heterocycles. The van der Waals surface area contributed by atoms with E-state index in [1.54, 1.807) is 13.3 Å². The highest BCUT2D eigenvalue weighted by Gasteiger charge is 2.24. The van der Waals surface area contributed by atoms with Gasteiger partial charge in [0.25, 0.3) is 0 Å². The van der Waals surface area contributed by atoms with E-state index in [1.165, 1.54) is 0 Å². The van der Waals surface area contributed by atoms with Crippen molar-refractivity contribution in [1.82, 2.24) is 19.5 Å². The number of aromatic nitrogens is 4. The predicted octanol–water partition coefficient (Wildman–Crippen LogP) is 3.32. The van der Waals surface area contributed by atoms with E-state index in [4.69, 9.17) is 25.2 Å². The van der Waals surface area contributed by atoms with Gasteiger partial charge in [0.1, 0.15) is 11.3 Å². The van der Waals surface area contributed by atoms with Crippen LogP contribution in [0.3, 0.4) is 0 Å². The van der Waals surface area contributed by atoms with Gasteiger partial charge in [-0.25, -0.2) is 15.0 Å². The molecule has 29 heavy (non-hydrogen) atoms. The lowest BCUT2D eigenvalue weighted by molar-refractivity contribution is 0.00682. The van der Waals surface area contributed by atoms with E-state index in [-0.39, 0.29) is 0 Å². The van der Waals surface area contributed by atoms with Crippen molar-refractivity contribution in [2.45, 2.75) is 12.5 Å². The van der Waals surface area contributed by atoms with E-state index in [9.17, 15) is 0 Å². The molecule has 3 aromatic heterocycles. The Morgan fingerprint density at radius 3 is 2.62 bits per heavy atom. The zero-order valence-corrected chi connectivity index (χ0v) is 16.1. The van der Waals surface area contributed by atoms with E-state index >= 15 is 0 Å². The molecule has 146 valence electrons. The fourth-order valence-electron chi connectivity index (χ4n) is 3.55. The highest BCUT2D eigenvalue weighted by Crippen LogP contribution is 2.32. The first kappa shape index (κ1) is 17.8. The van der Waals surface area contributed by atoms with Crippen LogP contribution in [-0.2, 0) is 16.1 Å². The third-order valence-corrected chi connectivity index (χ3v) is 5.17. The van der Waals surface area contributed by atoms with Gasteiger partial charge in [-0.3, -0.25) is 4.57 Å². The van der Waals surface area contributed by atoms with Gasteiger partial charge in [-0.05, 0) is 42.0 Å². The van der Waals surface area contributed by atoms with Gasteiger partial charge < -0.3 is 15.2 Å². The predicted molar refractivity (Wildman–Crippen MR) is 111 cm³/mol. The number of fused-ring (bicyclic) bond motifs is 1. The van der Waals surface area contributed by atoms with Gasteiger partial charge in [-0.1, -0.05) is 12.1 Å². The number of nitrogen functional groups attached to an aromatic ring is 1. The minimum Gasteiger partial charge on any atom is -0.383 e. The number of methoxy groups -OCH3 is 1. The fourth-order valence-corrected chi connectivity index (χ4v) is 3.55. The van der Waals surface area contributed by atoms with Crippen LogP contribution in [0.25, 0.3) is 28.2 Å². The standard InChI is InChI=1S/C22H21N5O2/c1-28-11-14-4-6-16(7-5-14)27-21(17-3-2-10-24-20(17)23)26-19-9-8-18(25-22(19)27)15-12-29-13-15/h2-10,15H,11-13H2,1H3,(H2,23,24). The summed E-state index contributed by atoms with van der Waals surface area (Å²) in [5.74, 6) is 1.49. The number of nitrogens with zero attached hydrogens (tertiary/aromatic N) is 4. The quantitative estimate of drug-likeness (QED) is 0.565. The van der Waals surface area contributed by atoms with Crippen molar-refractivity contribution in [3.8, 4) is 17.1 Å². The molecule has 1 aliphatic heterocycles. The number of hydrogen-bond acceptors (Lipinski definition) is 6. The van der Waals surface area contributed by atoms with Gasteiger partial charge in [-0.2, -0.15) is 0 Å². The number of ether oxygens (including phenoxy) is 2. The highest BCUT2D eigenvalue weighted by atomic mass is 16.5. The number of nitrogens with two attached hydrogens (primary N) is 1. The Balaban J connectivity index is 1.72. The lowest BCUT2D eigenvalue weighted by atomic mass is 10.0. The summed E-state index contributed by atoms with van der Waals surface area (Å²) in [4.78, 5) is 14.0. The van der Waals surface area contributed by atoms with E-state index in [0.29, 0.717) is 31.6 Å². The van der Waals surface area contributed by atoms with Crippen molar-refractivity contribution in [3.63, 3.8) is 0 Å². The molecule has 0 atom stereocenters. The van der Waals surface area contributed by atoms with Gasteiger partial charge >= 0.3 is 0 Å². The van der Waals surface area contributed by atoms with Crippen molar-refractivity contribution in [2.24, 2.45) is 0 Å². The second kappa shape index (κ2) is 7.27. The molecule has 4 heterocycles. The molecule has 4 aromatic rings. The number of pyridine rings is 2. The molecule has 0 amide bonds. The second-order valence-corrected chi connectivity index (χ2v) is 7.12. The summed E-state index contributed by atoms with van der Waals surface area (Å²) >= 11 is 0. The maximum absolute atomic E-state index is 6.18. The number of rotatable bonds is 5. The van der Waals surface area contributed by atoms with Crippen molar-refractivity contribution in [1.29, 1.82) is 0 Å². The second-order valence-electron chi connectivity index (χ2n) is 7.12. The maximum Gasteiger partial charge on any atom is 0.165 e. The van der Waals surface area contributed by atoms with Crippen molar-refractivity contribution in [2.75, 3.05) is 26.1 Å². The average molecular weight is 387 g/mol. The Morgan fingerprint density at radius 1 is 1.10 bits per heavy atom. The van der Waals surface area contributed by atoms with Crippen LogP contribution in [0.2, 0.25) is 0 Å². The molecule has 0 unspecified atom stereocenters. The molecule has 1 fully saturated rings. The average Bonchev–Trinajstić information content (AvgIpc) is 3.06. The number of hydrogen-bond donors (Lipinski definition) is 1. The third kappa shape index (κ3) is 3.14. The van der Waals surface area contributed by atoms with Crippen LogP contribution in [0.15, 0.2) is 54.7 Å². The molecule has 0 aliphatic carbocycles. The van der Waals surface area contributed by atoms with Gasteiger partial charge in [0.15, 0.2) is 11.5 Å². The third-order valence-electron chi connectivity index (χ3n) is 5.17. The minimum atomic E-state index is 0.332. The first-order valence-electron chi connectivity index (χ1n) is 9.51. The largest absolute Gasteiger partial charge is 0.383 e. The molecule has 0 spiro atoms. The Bertz CT molecular complexity index is 1170. The van der Waals surface area contributed by atoms with E-state index in [2.05, 4.69) is 4.98 Å². The van der Waals surface area contributed by atoms with Crippen LogP contribution in [0, 0.1) is 0 Å². The number of anilines is 1. The number of benzene rings is 1. The topological polar surface area (TPSA) is 88.1 Å². The first-order valence-corrected chi connectivity index (χ1v) is 9.51. The summed E-state index contributed by atoms with van der Waals surface area (Å²) in [5.41, 5.74) is 11.6. The lowest BCUT2D eigenvalue weighted by Crippen LogP contribution is -2.26. The van der Waals surface area contributed by atoms with Crippen molar-refractivity contribution >= 4 is 17.0 Å². The van der Waals surface area contributed by atoms with E-state index in [0.717, 1.165) is 39.5 Å². The van der Waals surface area contributed by atoms with Gasteiger partial charge in [-0.15, -0.1) is 0 Å². The van der Waals surface area contributed by atoms with Crippen molar-refractivity contribution in [3.05, 3.63) is 66.0 Å². The van der Waals surface area contributed by atoms with E-state index < -0.39 is 0 Å². The molecule has 0 radical (unpaired) electrons. The van der Waals surface area contributed by atoms with Crippen LogP contribution in [0.1, 0.15) is 17.2 Å². The minimum absolute atomic E-state index is 0.332. The van der Waals surface area contributed by atoms with Crippen LogP contribution in [-0.4, -0.2) is 39.8 Å². The van der Waals surface area contributed by atoms with Crippen LogP contribution >= 0.6 is 0 Å². The first-order chi connectivity index (χ1) is 14.2. The van der Waals surface area contributed by atoms with Gasteiger partial charge in [0.05, 0.1) is 31.1 Å². The lowest BCUT2D eigenvalue weighted by Gasteiger charge is -2.25. The smallest absolute Gasteiger partial charge is 0.165 e. The molecular weight excluding hydrogens is 366 g/mol. The summed E-state index contributed by atoms with van der Waals surface area (Å²) in [6.07, 6.45) is 1.68. The molecule has 0 bridgehead atoms. The highest BCUT2D eigenvalue weighted by molar-refractivity contribution is 5.82. The number of imidazole rings is 1. The zero-order valence-electron chi connectivity index (χ0n) is 16.1.